The molecule has 1 aromatic heterocycles. The molecule has 0 aliphatic rings. The fraction of sp³-hybridized carbons (Fsp3) is 0.615. The predicted octanol–water partition coefficient (Wildman–Crippen LogP) is 0.579. The molecule has 0 aliphatic carbocycles. The highest BCUT2D eigenvalue weighted by Crippen LogP contribution is 2.15. The van der Waals surface area contributed by atoms with E-state index in [0.717, 1.165) is 12.4 Å². The van der Waals surface area contributed by atoms with Gasteiger partial charge in [-0.2, -0.15) is 0 Å². The molecule has 7 nitrogen and oxygen atoms in total. The normalized spacial score (nSPS) is 10.2. The summed E-state index contributed by atoms with van der Waals surface area (Å²) in [5, 5.41) is 3.15. The molecule has 0 radical (unpaired) electrons. The van der Waals surface area contributed by atoms with E-state index in [4.69, 9.17) is 4.74 Å². The average molecular weight is 281 g/mol. The van der Waals surface area contributed by atoms with Crippen molar-refractivity contribution in [3.63, 3.8) is 0 Å². The lowest BCUT2D eigenvalue weighted by molar-refractivity contribution is -0.127. The molecule has 1 rings (SSSR count). The third-order valence-corrected chi connectivity index (χ3v) is 2.65. The Labute approximate surface area is 119 Å². The van der Waals surface area contributed by atoms with Crippen molar-refractivity contribution in [3.05, 3.63) is 11.9 Å². The molecule has 0 unspecified atom stereocenters. The Hall–Kier alpha value is -1.89. The van der Waals surface area contributed by atoms with Crippen LogP contribution in [0.1, 0.15) is 12.7 Å². The minimum atomic E-state index is 0.0180. The quantitative estimate of drug-likeness (QED) is 0.788. The largest absolute Gasteiger partial charge is 0.377 e. The molecule has 0 atom stereocenters. The smallest absolute Gasteiger partial charge is 0.241 e. The number of hydrogen-bond acceptors (Lipinski definition) is 6. The zero-order chi connectivity index (χ0) is 15.1. The molecule has 1 aromatic rings. The summed E-state index contributed by atoms with van der Waals surface area (Å²) in [5.74, 6) is 2.03. The van der Waals surface area contributed by atoms with Gasteiger partial charge in [-0.3, -0.25) is 4.79 Å². The summed E-state index contributed by atoms with van der Waals surface area (Å²) in [6.45, 7) is 3.37. The highest BCUT2D eigenvalue weighted by atomic mass is 16.5. The van der Waals surface area contributed by atoms with Crippen LogP contribution in [0.2, 0.25) is 0 Å². The molecule has 0 fully saturated rings. The maximum atomic E-state index is 11.7. The predicted molar refractivity (Wildman–Crippen MR) is 78.9 cm³/mol. The first-order chi connectivity index (χ1) is 9.47. The minimum Gasteiger partial charge on any atom is -0.377 e. The van der Waals surface area contributed by atoms with Crippen LogP contribution in [0.4, 0.5) is 11.6 Å². The molecule has 20 heavy (non-hydrogen) atoms. The third-order valence-electron chi connectivity index (χ3n) is 2.65. The van der Waals surface area contributed by atoms with Gasteiger partial charge < -0.3 is 19.9 Å². The number of hydrogen-bond donors (Lipinski definition) is 1. The fourth-order valence-corrected chi connectivity index (χ4v) is 1.57. The Kier molecular flexibility index (Phi) is 6.17. The van der Waals surface area contributed by atoms with Crippen molar-refractivity contribution in [3.8, 4) is 0 Å². The molecule has 0 spiro atoms. The summed E-state index contributed by atoms with van der Waals surface area (Å²) in [6, 6.07) is 1.82. The van der Waals surface area contributed by atoms with Crippen LogP contribution in [-0.4, -0.2) is 62.1 Å². The second kappa shape index (κ2) is 7.64. The van der Waals surface area contributed by atoms with Gasteiger partial charge in [0.2, 0.25) is 5.91 Å². The second-order valence-corrected chi connectivity index (χ2v) is 4.64. The van der Waals surface area contributed by atoms with Crippen molar-refractivity contribution in [2.45, 2.75) is 13.5 Å². The Balaban J connectivity index is 2.93. The molecular formula is C13H23N5O2. The van der Waals surface area contributed by atoms with Gasteiger partial charge in [-0.05, 0) is 6.92 Å². The van der Waals surface area contributed by atoms with Crippen molar-refractivity contribution in [1.82, 2.24) is 14.9 Å². The first-order valence-electron chi connectivity index (χ1n) is 6.50. The molecule has 1 amide bonds. The standard InChI is InChI=1S/C13H23N5O2/c1-6-14-10-7-12(16-11(15-10)9-20-5)18(4)8-13(19)17(2)3/h7H,6,8-9H2,1-5H3,(H,14,15,16). The van der Waals surface area contributed by atoms with E-state index in [-0.39, 0.29) is 12.5 Å². The number of rotatable bonds is 7. The molecular weight excluding hydrogens is 258 g/mol. The number of nitrogens with one attached hydrogen (secondary N) is 1. The van der Waals surface area contributed by atoms with Gasteiger partial charge in [0, 0.05) is 40.9 Å². The summed E-state index contributed by atoms with van der Waals surface area (Å²) in [7, 11) is 6.89. The SMILES string of the molecule is CCNc1cc(N(C)CC(=O)N(C)C)nc(COC)n1. The molecule has 0 bridgehead atoms. The van der Waals surface area contributed by atoms with Crippen molar-refractivity contribution in [2.24, 2.45) is 0 Å². The van der Waals surface area contributed by atoms with Gasteiger partial charge >= 0.3 is 0 Å². The van der Waals surface area contributed by atoms with E-state index in [0.29, 0.717) is 18.2 Å². The van der Waals surface area contributed by atoms with Crippen molar-refractivity contribution >= 4 is 17.5 Å². The van der Waals surface area contributed by atoms with Crippen LogP contribution in [0, 0.1) is 0 Å². The van der Waals surface area contributed by atoms with E-state index in [1.165, 1.54) is 0 Å². The number of carbonyl (C=O) groups excluding carboxylic acids is 1. The summed E-state index contributed by atoms with van der Waals surface area (Å²) in [4.78, 5) is 23.8. The molecule has 112 valence electrons. The Bertz CT molecular complexity index is 426. The molecule has 1 heterocycles. The zero-order valence-corrected chi connectivity index (χ0v) is 12.8. The summed E-state index contributed by atoms with van der Waals surface area (Å²) in [5.41, 5.74) is 0. The first-order valence-corrected chi connectivity index (χ1v) is 6.50. The Morgan fingerprint density at radius 1 is 1.35 bits per heavy atom. The highest BCUT2D eigenvalue weighted by Gasteiger charge is 2.12. The third kappa shape index (κ3) is 4.65. The number of ether oxygens (including phenoxy) is 1. The topological polar surface area (TPSA) is 70.6 Å². The number of aromatic nitrogens is 2. The Morgan fingerprint density at radius 2 is 2.05 bits per heavy atom. The number of anilines is 2. The van der Waals surface area contributed by atoms with Gasteiger partial charge in [-0.25, -0.2) is 9.97 Å². The van der Waals surface area contributed by atoms with Crippen molar-refractivity contribution in [2.75, 3.05) is 51.6 Å². The van der Waals surface area contributed by atoms with Gasteiger partial charge in [0.25, 0.3) is 0 Å². The second-order valence-electron chi connectivity index (χ2n) is 4.64. The monoisotopic (exact) mass is 281 g/mol. The van der Waals surface area contributed by atoms with Gasteiger partial charge in [-0.1, -0.05) is 0 Å². The molecule has 0 saturated heterocycles. The van der Waals surface area contributed by atoms with Crippen LogP contribution in [0.15, 0.2) is 6.07 Å². The number of methoxy groups -OCH3 is 1. The van der Waals surface area contributed by atoms with Crippen molar-refractivity contribution < 1.29 is 9.53 Å². The van der Waals surface area contributed by atoms with Gasteiger partial charge in [0.15, 0.2) is 5.82 Å². The number of carbonyl (C=O) groups is 1. The molecule has 0 saturated carbocycles. The lowest BCUT2D eigenvalue weighted by Gasteiger charge is -2.21. The summed E-state index contributed by atoms with van der Waals surface area (Å²) >= 11 is 0. The van der Waals surface area contributed by atoms with E-state index in [1.54, 1.807) is 31.0 Å². The fourth-order valence-electron chi connectivity index (χ4n) is 1.57. The lowest BCUT2D eigenvalue weighted by atomic mass is 10.4. The maximum Gasteiger partial charge on any atom is 0.241 e. The molecule has 0 aliphatic heterocycles. The van der Waals surface area contributed by atoms with Gasteiger partial charge in [0.1, 0.15) is 18.2 Å². The summed E-state index contributed by atoms with van der Waals surface area (Å²) in [6.07, 6.45) is 0. The number of likely N-dealkylation sites (N-methyl/N-ethyl adjacent to an activating group) is 2. The van der Waals surface area contributed by atoms with E-state index in [1.807, 2.05) is 20.0 Å². The average Bonchev–Trinajstić information content (AvgIpc) is 2.39. The van der Waals surface area contributed by atoms with E-state index >= 15 is 0 Å². The number of nitrogens with zero attached hydrogens (tertiary/aromatic N) is 4. The van der Waals surface area contributed by atoms with Gasteiger partial charge in [0.05, 0.1) is 6.54 Å². The van der Waals surface area contributed by atoms with Crippen LogP contribution < -0.4 is 10.2 Å². The maximum absolute atomic E-state index is 11.7. The van der Waals surface area contributed by atoms with Gasteiger partial charge in [-0.15, -0.1) is 0 Å². The minimum absolute atomic E-state index is 0.0180. The van der Waals surface area contributed by atoms with Crippen LogP contribution in [0.25, 0.3) is 0 Å². The van der Waals surface area contributed by atoms with E-state index in [9.17, 15) is 4.79 Å². The molecule has 0 aromatic carbocycles. The highest BCUT2D eigenvalue weighted by molar-refractivity contribution is 5.80. The van der Waals surface area contributed by atoms with Crippen LogP contribution >= 0.6 is 0 Å². The molecule has 7 heteroatoms. The van der Waals surface area contributed by atoms with Crippen molar-refractivity contribution in [1.29, 1.82) is 0 Å². The first kappa shape index (κ1) is 16.2. The van der Waals surface area contributed by atoms with Crippen LogP contribution in [-0.2, 0) is 16.1 Å². The lowest BCUT2D eigenvalue weighted by Crippen LogP contribution is -2.34. The number of amides is 1. The van der Waals surface area contributed by atoms with E-state index < -0.39 is 0 Å². The van der Waals surface area contributed by atoms with Crippen LogP contribution in [0.3, 0.4) is 0 Å². The summed E-state index contributed by atoms with van der Waals surface area (Å²) < 4.78 is 5.07. The van der Waals surface area contributed by atoms with E-state index in [2.05, 4.69) is 15.3 Å². The Morgan fingerprint density at radius 3 is 2.60 bits per heavy atom. The molecule has 1 N–H and O–H groups in total. The van der Waals surface area contributed by atoms with Crippen LogP contribution in [0.5, 0.6) is 0 Å². The zero-order valence-electron chi connectivity index (χ0n) is 12.8.